The first-order valence-electron chi connectivity index (χ1n) is 6.62. The minimum Gasteiger partial charge on any atom is -0.492 e. The van der Waals surface area contributed by atoms with Crippen LogP contribution in [0.2, 0.25) is 0 Å². The summed E-state index contributed by atoms with van der Waals surface area (Å²) < 4.78 is 19.0. The molecule has 1 aliphatic rings. The average molecular weight is 252 g/mol. The number of ether oxygens (including phenoxy) is 1. The molecule has 1 aromatic carbocycles. The lowest BCUT2D eigenvalue weighted by atomic mass is 10.1. The molecular formula is C14H21FN2O. The Bertz CT molecular complexity index is 378. The van der Waals surface area contributed by atoms with Crippen molar-refractivity contribution in [3.8, 4) is 5.75 Å². The van der Waals surface area contributed by atoms with Crippen molar-refractivity contribution in [2.24, 2.45) is 5.73 Å². The maximum absolute atomic E-state index is 13.3. The Morgan fingerprint density at radius 1 is 1.22 bits per heavy atom. The number of hydrogen-bond acceptors (Lipinski definition) is 3. The Morgan fingerprint density at radius 3 is 2.72 bits per heavy atom. The van der Waals surface area contributed by atoms with Crippen molar-refractivity contribution >= 4 is 0 Å². The molecule has 0 bridgehead atoms. The van der Waals surface area contributed by atoms with Gasteiger partial charge in [-0.1, -0.05) is 0 Å². The van der Waals surface area contributed by atoms with Crippen LogP contribution in [0.4, 0.5) is 4.39 Å². The highest BCUT2D eigenvalue weighted by Gasteiger charge is 2.11. The van der Waals surface area contributed by atoms with Crippen LogP contribution in [0.25, 0.3) is 0 Å². The van der Waals surface area contributed by atoms with E-state index in [1.807, 2.05) is 6.07 Å². The van der Waals surface area contributed by atoms with Gasteiger partial charge in [0.25, 0.3) is 0 Å². The Labute approximate surface area is 108 Å². The van der Waals surface area contributed by atoms with E-state index < -0.39 is 0 Å². The Kier molecular flexibility index (Phi) is 4.96. The van der Waals surface area contributed by atoms with Crippen LogP contribution >= 0.6 is 0 Å². The van der Waals surface area contributed by atoms with E-state index in [-0.39, 0.29) is 5.82 Å². The quantitative estimate of drug-likeness (QED) is 0.839. The predicted octanol–water partition coefficient (Wildman–Crippen LogP) is 1.80. The smallest absolute Gasteiger partial charge is 0.127 e. The fourth-order valence-electron chi connectivity index (χ4n) is 2.31. The number of likely N-dealkylation sites (tertiary alicyclic amines) is 1. The third kappa shape index (κ3) is 3.96. The summed E-state index contributed by atoms with van der Waals surface area (Å²) in [6.45, 7) is 4.38. The molecule has 18 heavy (non-hydrogen) atoms. The first-order valence-corrected chi connectivity index (χ1v) is 6.62. The molecular weight excluding hydrogens is 231 g/mol. The van der Waals surface area contributed by atoms with Gasteiger partial charge in [0.1, 0.15) is 18.2 Å². The molecule has 2 rings (SSSR count). The first-order chi connectivity index (χ1) is 8.78. The minimum absolute atomic E-state index is 0.253. The van der Waals surface area contributed by atoms with E-state index in [2.05, 4.69) is 4.90 Å². The molecule has 4 heteroatoms. The monoisotopic (exact) mass is 252 g/mol. The second kappa shape index (κ2) is 6.71. The average Bonchev–Trinajstić information content (AvgIpc) is 2.82. The fraction of sp³-hybridized carbons (Fsp3) is 0.571. The van der Waals surface area contributed by atoms with Crippen LogP contribution < -0.4 is 10.5 Å². The van der Waals surface area contributed by atoms with Gasteiger partial charge in [-0.05, 0) is 56.6 Å². The number of nitrogens with two attached hydrogens (primary N) is 1. The molecule has 1 fully saturated rings. The highest BCUT2D eigenvalue weighted by Crippen LogP contribution is 2.17. The summed E-state index contributed by atoms with van der Waals surface area (Å²) in [5, 5.41) is 0. The topological polar surface area (TPSA) is 38.5 Å². The van der Waals surface area contributed by atoms with Gasteiger partial charge in [-0.2, -0.15) is 0 Å². The lowest BCUT2D eigenvalue weighted by Gasteiger charge is -2.15. The molecule has 1 heterocycles. The molecule has 3 nitrogen and oxygen atoms in total. The first kappa shape index (κ1) is 13.3. The van der Waals surface area contributed by atoms with Crippen LogP contribution in [-0.2, 0) is 6.42 Å². The van der Waals surface area contributed by atoms with Gasteiger partial charge >= 0.3 is 0 Å². The van der Waals surface area contributed by atoms with Gasteiger partial charge in [-0.15, -0.1) is 0 Å². The Balaban J connectivity index is 1.83. The van der Waals surface area contributed by atoms with Crippen LogP contribution in [0.3, 0.4) is 0 Å². The summed E-state index contributed by atoms with van der Waals surface area (Å²) in [5.41, 5.74) is 6.37. The molecule has 0 saturated carbocycles. The molecule has 0 spiro atoms. The number of nitrogens with zero attached hydrogens (tertiary/aromatic N) is 1. The number of hydrogen-bond donors (Lipinski definition) is 1. The summed E-state index contributed by atoms with van der Waals surface area (Å²) in [7, 11) is 0. The van der Waals surface area contributed by atoms with Crippen molar-refractivity contribution in [3.05, 3.63) is 29.6 Å². The molecule has 0 aliphatic carbocycles. The highest BCUT2D eigenvalue weighted by atomic mass is 19.1. The van der Waals surface area contributed by atoms with Gasteiger partial charge < -0.3 is 10.5 Å². The Morgan fingerprint density at radius 2 is 2.00 bits per heavy atom. The summed E-state index contributed by atoms with van der Waals surface area (Å²) in [6, 6.07) is 4.82. The van der Waals surface area contributed by atoms with Gasteiger partial charge in [0.05, 0.1) is 0 Å². The van der Waals surface area contributed by atoms with E-state index >= 15 is 0 Å². The number of rotatable bonds is 6. The second-order valence-corrected chi connectivity index (χ2v) is 4.73. The van der Waals surface area contributed by atoms with Crippen molar-refractivity contribution in [1.82, 2.24) is 4.90 Å². The second-order valence-electron chi connectivity index (χ2n) is 4.73. The molecule has 0 atom stereocenters. The van der Waals surface area contributed by atoms with Gasteiger partial charge in [0, 0.05) is 12.6 Å². The van der Waals surface area contributed by atoms with Crippen molar-refractivity contribution < 1.29 is 9.13 Å². The SMILES string of the molecule is NCCc1cc(F)cc(OCCN2CCCC2)c1. The lowest BCUT2D eigenvalue weighted by molar-refractivity contribution is 0.237. The molecule has 1 aliphatic heterocycles. The van der Waals surface area contributed by atoms with E-state index in [0.717, 1.165) is 25.2 Å². The zero-order valence-electron chi connectivity index (χ0n) is 10.7. The normalized spacial score (nSPS) is 16.1. The van der Waals surface area contributed by atoms with Crippen LogP contribution in [0, 0.1) is 5.82 Å². The van der Waals surface area contributed by atoms with Gasteiger partial charge in [-0.3, -0.25) is 4.90 Å². The van der Waals surface area contributed by atoms with Crippen LogP contribution in [0.15, 0.2) is 18.2 Å². The van der Waals surface area contributed by atoms with E-state index in [9.17, 15) is 4.39 Å². The maximum atomic E-state index is 13.3. The van der Waals surface area contributed by atoms with Crippen molar-refractivity contribution in [2.45, 2.75) is 19.3 Å². The van der Waals surface area contributed by atoms with Gasteiger partial charge in [0.15, 0.2) is 0 Å². The summed E-state index contributed by atoms with van der Waals surface area (Å²) in [5.74, 6) is 0.356. The summed E-state index contributed by atoms with van der Waals surface area (Å²) in [4.78, 5) is 2.38. The van der Waals surface area contributed by atoms with E-state index in [0.29, 0.717) is 25.3 Å². The zero-order valence-corrected chi connectivity index (χ0v) is 10.7. The van der Waals surface area contributed by atoms with Gasteiger partial charge in [-0.25, -0.2) is 4.39 Å². The summed E-state index contributed by atoms with van der Waals surface area (Å²) in [6.07, 6.45) is 3.24. The van der Waals surface area contributed by atoms with Crippen LogP contribution in [-0.4, -0.2) is 37.7 Å². The van der Waals surface area contributed by atoms with Crippen LogP contribution in [0.5, 0.6) is 5.75 Å². The molecule has 0 aromatic heterocycles. The van der Waals surface area contributed by atoms with Crippen molar-refractivity contribution in [2.75, 3.05) is 32.8 Å². The van der Waals surface area contributed by atoms with Crippen molar-refractivity contribution in [3.63, 3.8) is 0 Å². The minimum atomic E-state index is -0.253. The fourth-order valence-corrected chi connectivity index (χ4v) is 2.31. The molecule has 100 valence electrons. The molecule has 2 N–H and O–H groups in total. The third-order valence-corrected chi connectivity index (χ3v) is 3.24. The predicted molar refractivity (Wildman–Crippen MR) is 70.3 cm³/mol. The largest absolute Gasteiger partial charge is 0.492 e. The van der Waals surface area contributed by atoms with E-state index in [1.165, 1.54) is 25.0 Å². The van der Waals surface area contributed by atoms with Crippen molar-refractivity contribution in [1.29, 1.82) is 0 Å². The highest BCUT2D eigenvalue weighted by molar-refractivity contribution is 5.29. The van der Waals surface area contributed by atoms with Gasteiger partial charge in [0.2, 0.25) is 0 Å². The molecule has 0 unspecified atom stereocenters. The molecule has 1 aromatic rings. The maximum Gasteiger partial charge on any atom is 0.127 e. The number of halogens is 1. The summed E-state index contributed by atoms with van der Waals surface area (Å²) >= 11 is 0. The zero-order chi connectivity index (χ0) is 12.8. The standard InChI is InChI=1S/C14H21FN2O/c15-13-9-12(3-4-16)10-14(11-13)18-8-7-17-5-1-2-6-17/h9-11H,1-8,16H2. The Hall–Kier alpha value is -1.13. The molecule has 0 radical (unpaired) electrons. The van der Waals surface area contributed by atoms with E-state index in [1.54, 1.807) is 0 Å². The van der Waals surface area contributed by atoms with Crippen LogP contribution in [0.1, 0.15) is 18.4 Å². The van der Waals surface area contributed by atoms with E-state index in [4.69, 9.17) is 10.5 Å². The third-order valence-electron chi connectivity index (χ3n) is 3.24. The molecule has 1 saturated heterocycles. The molecule has 0 amide bonds. The lowest BCUT2D eigenvalue weighted by Crippen LogP contribution is -2.25. The number of benzene rings is 1.